The van der Waals surface area contributed by atoms with Crippen LogP contribution in [0.4, 0.5) is 0 Å². The largest absolute Gasteiger partial charge is 0.387 e. The van der Waals surface area contributed by atoms with E-state index in [1.165, 1.54) is 11.1 Å². The molecule has 0 aliphatic heterocycles. The molecule has 0 amide bonds. The molecule has 90 valence electrons. The monoisotopic (exact) mass is 237 g/mol. The van der Waals surface area contributed by atoms with Crippen LogP contribution in [0.5, 0.6) is 5.75 Å². The average molecular weight is 237 g/mol. The summed E-state index contributed by atoms with van der Waals surface area (Å²) in [7, 11) is 0. The van der Waals surface area contributed by atoms with Crippen molar-refractivity contribution in [1.29, 1.82) is 5.26 Å². The lowest BCUT2D eigenvalue weighted by atomic mass is 10.00. The molecule has 18 heavy (non-hydrogen) atoms. The van der Waals surface area contributed by atoms with E-state index in [-0.39, 0.29) is 0 Å². The highest BCUT2D eigenvalue weighted by Gasteiger charge is 2.07. The van der Waals surface area contributed by atoms with Gasteiger partial charge in [0.1, 0.15) is 5.75 Å². The van der Waals surface area contributed by atoms with Crippen LogP contribution in [-0.2, 0) is 6.42 Å². The molecule has 0 spiro atoms. The zero-order valence-electron chi connectivity index (χ0n) is 10.6. The Bertz CT molecular complexity index is 559. The van der Waals surface area contributed by atoms with Crippen LogP contribution in [-0.4, -0.2) is 0 Å². The second-order valence-electron chi connectivity index (χ2n) is 4.41. The second kappa shape index (κ2) is 5.37. The number of nitrogens with zero attached hydrogens (tertiary/aromatic N) is 1. The summed E-state index contributed by atoms with van der Waals surface area (Å²) in [4.78, 5) is 0. The molecular formula is C16H15NO. The molecule has 2 nitrogen and oxygen atoms in total. The number of benzene rings is 2. The predicted molar refractivity (Wildman–Crippen MR) is 71.4 cm³/mol. The van der Waals surface area contributed by atoms with Crippen molar-refractivity contribution >= 4 is 0 Å². The molecule has 2 aromatic carbocycles. The van der Waals surface area contributed by atoms with E-state index in [4.69, 9.17) is 10.00 Å². The minimum atomic E-state index is 0.675. The van der Waals surface area contributed by atoms with E-state index in [9.17, 15) is 0 Å². The minimum absolute atomic E-state index is 0.675. The normalized spacial score (nSPS) is 9.83. The van der Waals surface area contributed by atoms with Crippen molar-refractivity contribution in [2.45, 2.75) is 20.3 Å². The number of hydrogen-bond acceptors (Lipinski definition) is 2. The van der Waals surface area contributed by atoms with Crippen molar-refractivity contribution in [3.8, 4) is 12.0 Å². The van der Waals surface area contributed by atoms with E-state index in [0.717, 1.165) is 17.5 Å². The third-order valence-electron chi connectivity index (χ3n) is 2.92. The number of nitriles is 1. The highest BCUT2D eigenvalue weighted by molar-refractivity contribution is 5.45. The molecule has 0 aromatic heterocycles. The Hall–Kier alpha value is -2.27. The van der Waals surface area contributed by atoms with Gasteiger partial charge in [-0.2, -0.15) is 0 Å². The zero-order valence-corrected chi connectivity index (χ0v) is 10.6. The van der Waals surface area contributed by atoms with E-state index < -0.39 is 0 Å². The van der Waals surface area contributed by atoms with Crippen molar-refractivity contribution in [2.24, 2.45) is 0 Å². The molecule has 0 aliphatic rings. The lowest BCUT2D eigenvalue weighted by molar-refractivity contribution is 0.498. The van der Waals surface area contributed by atoms with Gasteiger partial charge < -0.3 is 4.74 Å². The van der Waals surface area contributed by atoms with E-state index in [1.807, 2.05) is 32.0 Å². The number of rotatable bonds is 3. The summed E-state index contributed by atoms with van der Waals surface area (Å²) in [5.41, 5.74) is 4.52. The third-order valence-corrected chi connectivity index (χ3v) is 2.92. The Labute approximate surface area is 107 Å². The predicted octanol–water partition coefficient (Wildman–Crippen LogP) is 3.75. The number of ether oxygens (including phenoxy) is 1. The van der Waals surface area contributed by atoms with Crippen molar-refractivity contribution in [1.82, 2.24) is 0 Å². The summed E-state index contributed by atoms with van der Waals surface area (Å²) in [6, 6.07) is 14.5. The van der Waals surface area contributed by atoms with Crippen molar-refractivity contribution in [3.05, 3.63) is 64.7 Å². The van der Waals surface area contributed by atoms with Gasteiger partial charge in [0.15, 0.2) is 0 Å². The molecule has 2 heteroatoms. The van der Waals surface area contributed by atoms with Crippen molar-refractivity contribution in [2.75, 3.05) is 0 Å². The summed E-state index contributed by atoms with van der Waals surface area (Å²) in [6.45, 7) is 3.93. The first-order valence-electron chi connectivity index (χ1n) is 5.90. The molecule has 0 radical (unpaired) electrons. The summed E-state index contributed by atoms with van der Waals surface area (Å²) in [6.07, 6.45) is 2.63. The van der Waals surface area contributed by atoms with Crippen LogP contribution in [0.1, 0.15) is 22.3 Å². The van der Waals surface area contributed by atoms with Crippen LogP contribution in [0.25, 0.3) is 0 Å². The van der Waals surface area contributed by atoms with Gasteiger partial charge in [0, 0.05) is 0 Å². The maximum absolute atomic E-state index is 8.60. The van der Waals surface area contributed by atoms with Gasteiger partial charge >= 0.3 is 0 Å². The lowest BCUT2D eigenvalue weighted by Crippen LogP contribution is -1.95. The van der Waals surface area contributed by atoms with Gasteiger partial charge in [-0.25, -0.2) is 0 Å². The zero-order chi connectivity index (χ0) is 13.0. The fourth-order valence-electron chi connectivity index (χ4n) is 2.18. The molecule has 0 bridgehead atoms. The molecular weight excluding hydrogens is 222 g/mol. The molecule has 2 rings (SSSR count). The standard InChI is InChI=1S/C16H15NO/c1-12-8-15(9-13(2)16(12)18-11-17)10-14-6-4-3-5-7-14/h3-9H,10H2,1-2H3. The minimum Gasteiger partial charge on any atom is -0.387 e. The van der Waals surface area contributed by atoms with Crippen LogP contribution < -0.4 is 4.74 Å². The third kappa shape index (κ3) is 2.70. The Morgan fingerprint density at radius 3 is 2.17 bits per heavy atom. The lowest BCUT2D eigenvalue weighted by Gasteiger charge is -2.09. The first-order chi connectivity index (χ1) is 8.70. The van der Waals surface area contributed by atoms with Crippen LogP contribution in [0, 0.1) is 25.4 Å². The second-order valence-corrected chi connectivity index (χ2v) is 4.41. The first kappa shape index (κ1) is 12.2. The van der Waals surface area contributed by atoms with E-state index in [1.54, 1.807) is 6.26 Å². The van der Waals surface area contributed by atoms with Gasteiger partial charge in [-0.05, 0) is 42.5 Å². The number of aryl methyl sites for hydroxylation is 2. The Morgan fingerprint density at radius 2 is 1.61 bits per heavy atom. The Morgan fingerprint density at radius 1 is 1.00 bits per heavy atom. The smallest absolute Gasteiger partial charge is 0.292 e. The van der Waals surface area contributed by atoms with E-state index in [0.29, 0.717) is 5.75 Å². The molecule has 0 unspecified atom stereocenters. The quantitative estimate of drug-likeness (QED) is 0.761. The van der Waals surface area contributed by atoms with Crippen LogP contribution in [0.3, 0.4) is 0 Å². The van der Waals surface area contributed by atoms with Gasteiger partial charge in [-0.1, -0.05) is 42.5 Å². The highest BCUT2D eigenvalue weighted by atomic mass is 16.5. The first-order valence-corrected chi connectivity index (χ1v) is 5.90. The molecule has 2 aromatic rings. The maximum Gasteiger partial charge on any atom is 0.292 e. The molecule has 0 saturated heterocycles. The van der Waals surface area contributed by atoms with Gasteiger partial charge in [-0.15, -0.1) is 5.26 Å². The molecule has 0 saturated carbocycles. The molecule has 0 heterocycles. The van der Waals surface area contributed by atoms with Gasteiger partial charge in [0.05, 0.1) is 0 Å². The maximum atomic E-state index is 8.60. The Balaban J connectivity index is 2.29. The molecule has 0 N–H and O–H groups in total. The van der Waals surface area contributed by atoms with Gasteiger partial charge in [0.25, 0.3) is 6.26 Å². The fourth-order valence-corrected chi connectivity index (χ4v) is 2.18. The number of hydrogen-bond donors (Lipinski definition) is 0. The molecule has 0 aliphatic carbocycles. The highest BCUT2D eigenvalue weighted by Crippen LogP contribution is 2.25. The summed E-state index contributed by atoms with van der Waals surface area (Å²) >= 11 is 0. The summed E-state index contributed by atoms with van der Waals surface area (Å²) in [5, 5.41) is 8.60. The van der Waals surface area contributed by atoms with Gasteiger partial charge in [-0.3, -0.25) is 0 Å². The van der Waals surface area contributed by atoms with Crippen LogP contribution >= 0.6 is 0 Å². The topological polar surface area (TPSA) is 33.0 Å². The van der Waals surface area contributed by atoms with Gasteiger partial charge in [0.2, 0.25) is 0 Å². The van der Waals surface area contributed by atoms with Crippen LogP contribution in [0.15, 0.2) is 42.5 Å². The van der Waals surface area contributed by atoms with E-state index >= 15 is 0 Å². The summed E-state index contributed by atoms with van der Waals surface area (Å²) in [5.74, 6) is 0.675. The van der Waals surface area contributed by atoms with Crippen LogP contribution in [0.2, 0.25) is 0 Å². The fraction of sp³-hybridized carbons (Fsp3) is 0.188. The molecule has 0 fully saturated rings. The molecule has 0 atom stereocenters. The average Bonchev–Trinajstić information content (AvgIpc) is 2.35. The summed E-state index contributed by atoms with van der Waals surface area (Å²) < 4.78 is 4.98. The van der Waals surface area contributed by atoms with Crippen molar-refractivity contribution < 1.29 is 4.74 Å². The van der Waals surface area contributed by atoms with Crippen molar-refractivity contribution in [3.63, 3.8) is 0 Å². The Kier molecular flexibility index (Phi) is 3.64. The SMILES string of the molecule is Cc1cc(Cc2ccccc2)cc(C)c1OC#N. The van der Waals surface area contributed by atoms with E-state index in [2.05, 4.69) is 24.3 Å².